The lowest BCUT2D eigenvalue weighted by Crippen LogP contribution is -2.05. The van der Waals surface area contributed by atoms with Crippen LogP contribution in [-0.4, -0.2) is 29.2 Å². The SMILES string of the molecule is CC/C(=C\Cc1c(O)c2c(c(C)c1CC)COC2=O)CP(=O)(O)OC. The molecule has 2 N–H and O–H groups in total. The Morgan fingerprint density at radius 3 is 2.60 bits per heavy atom. The molecule has 0 aliphatic carbocycles. The Morgan fingerprint density at radius 2 is 2.04 bits per heavy atom. The van der Waals surface area contributed by atoms with E-state index >= 15 is 0 Å². The van der Waals surface area contributed by atoms with Crippen molar-refractivity contribution in [2.75, 3.05) is 13.3 Å². The van der Waals surface area contributed by atoms with Gasteiger partial charge in [0.15, 0.2) is 0 Å². The molecule has 1 aliphatic heterocycles. The third-order valence-electron chi connectivity index (χ3n) is 4.74. The molecule has 1 aliphatic rings. The van der Waals surface area contributed by atoms with Crippen molar-refractivity contribution < 1.29 is 28.6 Å². The number of carbonyl (C=O) groups is 1. The highest BCUT2D eigenvalue weighted by molar-refractivity contribution is 7.53. The number of carbonyl (C=O) groups excluding carboxylic acids is 1. The van der Waals surface area contributed by atoms with Crippen LogP contribution < -0.4 is 0 Å². The van der Waals surface area contributed by atoms with E-state index in [1.807, 2.05) is 26.8 Å². The molecule has 0 fully saturated rings. The first-order chi connectivity index (χ1) is 11.8. The fraction of sp³-hybridized carbons (Fsp3) is 0.500. The van der Waals surface area contributed by atoms with Crippen LogP contribution in [0, 0.1) is 6.92 Å². The van der Waals surface area contributed by atoms with Gasteiger partial charge in [-0.1, -0.05) is 25.5 Å². The van der Waals surface area contributed by atoms with Gasteiger partial charge < -0.3 is 19.3 Å². The molecule has 1 unspecified atom stereocenters. The van der Waals surface area contributed by atoms with Gasteiger partial charge >= 0.3 is 13.6 Å². The van der Waals surface area contributed by atoms with Crippen molar-refractivity contribution in [1.29, 1.82) is 0 Å². The molecule has 0 bridgehead atoms. The number of benzene rings is 1. The van der Waals surface area contributed by atoms with E-state index in [1.54, 1.807) is 0 Å². The zero-order valence-electron chi connectivity index (χ0n) is 15.1. The van der Waals surface area contributed by atoms with E-state index in [2.05, 4.69) is 4.52 Å². The van der Waals surface area contributed by atoms with E-state index in [0.717, 1.165) is 22.3 Å². The summed E-state index contributed by atoms with van der Waals surface area (Å²) in [5.41, 5.74) is 4.40. The van der Waals surface area contributed by atoms with Crippen LogP contribution in [0.2, 0.25) is 0 Å². The molecule has 1 aromatic rings. The Bertz CT molecular complexity index is 766. The number of rotatable bonds is 7. The van der Waals surface area contributed by atoms with E-state index in [9.17, 15) is 19.4 Å². The molecule has 0 spiro atoms. The lowest BCUT2D eigenvalue weighted by Gasteiger charge is -2.16. The minimum atomic E-state index is -3.64. The van der Waals surface area contributed by atoms with Crippen molar-refractivity contribution in [2.45, 2.75) is 46.6 Å². The van der Waals surface area contributed by atoms with Gasteiger partial charge in [-0.25, -0.2) is 4.79 Å². The van der Waals surface area contributed by atoms with Gasteiger partial charge in [0.1, 0.15) is 17.9 Å². The van der Waals surface area contributed by atoms with E-state index in [4.69, 9.17) is 4.74 Å². The Hall–Kier alpha value is -1.62. The van der Waals surface area contributed by atoms with Crippen LogP contribution in [0.3, 0.4) is 0 Å². The Balaban J connectivity index is 2.44. The molecule has 1 heterocycles. The third-order valence-corrected chi connectivity index (χ3v) is 6.11. The second-order valence-electron chi connectivity index (χ2n) is 6.11. The van der Waals surface area contributed by atoms with Crippen molar-refractivity contribution in [3.63, 3.8) is 0 Å². The highest BCUT2D eigenvalue weighted by Gasteiger charge is 2.30. The fourth-order valence-corrected chi connectivity index (χ4v) is 4.22. The highest BCUT2D eigenvalue weighted by Crippen LogP contribution is 2.43. The largest absolute Gasteiger partial charge is 0.507 e. The van der Waals surface area contributed by atoms with Crippen molar-refractivity contribution >= 4 is 13.6 Å². The average Bonchev–Trinajstić information content (AvgIpc) is 2.97. The Morgan fingerprint density at radius 1 is 1.36 bits per heavy atom. The number of aromatic hydroxyl groups is 1. The molecule has 0 saturated carbocycles. The molecular formula is C18H25O6P. The number of allylic oxidation sites excluding steroid dienone is 2. The highest BCUT2D eigenvalue weighted by atomic mass is 31.2. The number of fused-ring (bicyclic) bond motifs is 1. The monoisotopic (exact) mass is 368 g/mol. The normalized spacial score (nSPS) is 16.5. The molecule has 6 nitrogen and oxygen atoms in total. The molecular weight excluding hydrogens is 343 g/mol. The number of ether oxygens (including phenoxy) is 1. The summed E-state index contributed by atoms with van der Waals surface area (Å²) in [5.74, 6) is -0.538. The van der Waals surface area contributed by atoms with Crippen LogP contribution in [0.4, 0.5) is 0 Å². The maximum atomic E-state index is 11.9. The van der Waals surface area contributed by atoms with Gasteiger partial charge in [-0.2, -0.15) is 0 Å². The maximum absolute atomic E-state index is 11.9. The van der Waals surface area contributed by atoms with Crippen molar-refractivity contribution in [3.8, 4) is 5.75 Å². The molecule has 1 aromatic carbocycles. The number of hydrogen-bond donors (Lipinski definition) is 2. The lowest BCUT2D eigenvalue weighted by molar-refractivity contribution is 0.0533. The fourth-order valence-electron chi connectivity index (χ4n) is 3.23. The van der Waals surface area contributed by atoms with Crippen LogP contribution in [-0.2, 0) is 33.3 Å². The topological polar surface area (TPSA) is 93.1 Å². The summed E-state index contributed by atoms with van der Waals surface area (Å²) in [4.78, 5) is 21.6. The van der Waals surface area contributed by atoms with Crippen LogP contribution in [0.5, 0.6) is 5.75 Å². The predicted molar refractivity (Wildman–Crippen MR) is 95.1 cm³/mol. The predicted octanol–water partition coefficient (Wildman–Crippen LogP) is 3.64. The number of phenols is 1. The summed E-state index contributed by atoms with van der Waals surface area (Å²) < 4.78 is 21.5. The first-order valence-electron chi connectivity index (χ1n) is 8.34. The van der Waals surface area contributed by atoms with E-state index in [1.165, 1.54) is 7.11 Å². The maximum Gasteiger partial charge on any atom is 0.342 e. The smallest absolute Gasteiger partial charge is 0.342 e. The van der Waals surface area contributed by atoms with Crippen LogP contribution in [0.1, 0.15) is 52.9 Å². The molecule has 7 heteroatoms. The summed E-state index contributed by atoms with van der Waals surface area (Å²) in [6, 6.07) is 0. The van der Waals surface area contributed by atoms with Gasteiger partial charge in [0, 0.05) is 18.2 Å². The molecule has 1 atom stereocenters. The van der Waals surface area contributed by atoms with Crippen LogP contribution in [0.15, 0.2) is 11.6 Å². The van der Waals surface area contributed by atoms with Crippen molar-refractivity contribution in [3.05, 3.63) is 39.5 Å². The standard InChI is InChI=1S/C18H25O6P/c1-5-12(10-25(21,22)23-4)7-8-14-13(6-2)11(3)15-9-24-18(20)16(15)17(14)19/h7,19H,5-6,8-10H2,1-4H3,(H,21,22)/b12-7+. The van der Waals surface area contributed by atoms with Gasteiger partial charge in [-0.15, -0.1) is 0 Å². The number of cyclic esters (lactones) is 1. The van der Waals surface area contributed by atoms with Gasteiger partial charge in [0.05, 0.1) is 6.16 Å². The minimum absolute atomic E-state index is 0.0365. The van der Waals surface area contributed by atoms with E-state index < -0.39 is 13.6 Å². The molecule has 0 saturated heterocycles. The van der Waals surface area contributed by atoms with E-state index in [0.29, 0.717) is 24.8 Å². The van der Waals surface area contributed by atoms with Gasteiger partial charge in [0.25, 0.3) is 0 Å². The summed E-state index contributed by atoms with van der Waals surface area (Å²) in [7, 11) is -2.42. The summed E-state index contributed by atoms with van der Waals surface area (Å²) >= 11 is 0. The lowest BCUT2D eigenvalue weighted by atomic mass is 9.89. The molecule has 0 radical (unpaired) electrons. The van der Waals surface area contributed by atoms with Crippen LogP contribution in [0.25, 0.3) is 0 Å². The number of hydrogen-bond acceptors (Lipinski definition) is 5. The second kappa shape index (κ2) is 7.73. The van der Waals surface area contributed by atoms with Crippen LogP contribution >= 0.6 is 7.60 Å². The third kappa shape index (κ3) is 3.97. The zero-order chi connectivity index (χ0) is 18.8. The first-order valence-corrected chi connectivity index (χ1v) is 10.1. The molecule has 0 amide bonds. The van der Waals surface area contributed by atoms with Gasteiger partial charge in [0.2, 0.25) is 0 Å². The number of esters is 1. The Kier molecular flexibility index (Phi) is 6.09. The average molecular weight is 368 g/mol. The van der Waals surface area contributed by atoms with Gasteiger partial charge in [-0.3, -0.25) is 4.57 Å². The first kappa shape index (κ1) is 19.7. The van der Waals surface area contributed by atoms with E-state index in [-0.39, 0.29) is 24.1 Å². The van der Waals surface area contributed by atoms with Crippen molar-refractivity contribution in [1.82, 2.24) is 0 Å². The van der Waals surface area contributed by atoms with Gasteiger partial charge in [-0.05, 0) is 37.3 Å². The second-order valence-corrected chi connectivity index (χ2v) is 8.07. The summed E-state index contributed by atoms with van der Waals surface area (Å²) in [5, 5.41) is 10.6. The quantitative estimate of drug-likeness (QED) is 0.434. The molecule has 2 rings (SSSR count). The minimum Gasteiger partial charge on any atom is -0.507 e. The summed E-state index contributed by atoms with van der Waals surface area (Å²) in [6.07, 6.45) is 3.48. The summed E-state index contributed by atoms with van der Waals surface area (Å²) in [6.45, 7) is 6.01. The molecule has 138 valence electrons. The number of phenolic OH excluding ortho intramolecular Hbond substituents is 1. The van der Waals surface area contributed by atoms with Crippen molar-refractivity contribution in [2.24, 2.45) is 0 Å². The Labute approximate surface area is 148 Å². The molecule has 25 heavy (non-hydrogen) atoms. The molecule has 0 aromatic heterocycles. The zero-order valence-corrected chi connectivity index (χ0v) is 16.0.